The molecule has 164 valence electrons. The zero-order valence-electron chi connectivity index (χ0n) is 18.4. The molecule has 3 rings (SSSR count). The first-order valence-corrected chi connectivity index (χ1v) is 10.8. The van der Waals surface area contributed by atoms with E-state index in [1.807, 2.05) is 42.5 Å². The average Bonchev–Trinajstić information content (AvgIpc) is 2.77. The van der Waals surface area contributed by atoms with E-state index in [2.05, 4.69) is 46.3 Å². The van der Waals surface area contributed by atoms with Crippen LogP contribution in [-0.2, 0) is 13.1 Å². The van der Waals surface area contributed by atoms with Gasteiger partial charge in [0, 0.05) is 29.6 Å². The monoisotopic (exact) mass is 438 g/mol. The number of H-pyrrole nitrogens is 1. The van der Waals surface area contributed by atoms with Gasteiger partial charge >= 0.3 is 0 Å². The van der Waals surface area contributed by atoms with Gasteiger partial charge in [-0.25, -0.2) is 0 Å². The van der Waals surface area contributed by atoms with Crippen LogP contribution in [0.2, 0.25) is 0 Å². The standard InChI is InChI=1S/C24H30N4O2S/c1-27(2)12-7-13-28(24(31)25-16-18-8-5-4-6-9-18)17-20-14-19-15-21(30-3)10-11-22(19)26-23(20)29/h4-6,8-11,14-15H,7,12-13,16-17H2,1-3H3,(H,25,31)(H,26,29). The molecular formula is C24H30N4O2S. The second kappa shape index (κ2) is 10.9. The van der Waals surface area contributed by atoms with Crippen LogP contribution in [0, 0.1) is 0 Å². The van der Waals surface area contributed by atoms with Crippen LogP contribution >= 0.6 is 12.2 Å². The molecule has 6 nitrogen and oxygen atoms in total. The van der Waals surface area contributed by atoms with Crippen LogP contribution in [0.5, 0.6) is 5.75 Å². The van der Waals surface area contributed by atoms with E-state index in [-0.39, 0.29) is 5.56 Å². The lowest BCUT2D eigenvalue weighted by Crippen LogP contribution is -2.41. The highest BCUT2D eigenvalue weighted by Crippen LogP contribution is 2.19. The number of hydrogen-bond acceptors (Lipinski definition) is 4. The van der Waals surface area contributed by atoms with Gasteiger partial charge in [0.15, 0.2) is 5.11 Å². The van der Waals surface area contributed by atoms with E-state index < -0.39 is 0 Å². The molecule has 0 atom stereocenters. The lowest BCUT2D eigenvalue weighted by molar-refractivity contribution is 0.340. The molecule has 0 bridgehead atoms. The summed E-state index contributed by atoms with van der Waals surface area (Å²) in [5.41, 5.74) is 2.53. The van der Waals surface area contributed by atoms with Crippen molar-refractivity contribution in [2.75, 3.05) is 34.3 Å². The molecule has 0 aliphatic heterocycles. The van der Waals surface area contributed by atoms with Crippen molar-refractivity contribution in [3.63, 3.8) is 0 Å². The van der Waals surface area contributed by atoms with Gasteiger partial charge in [-0.1, -0.05) is 30.3 Å². The molecule has 0 aliphatic carbocycles. The summed E-state index contributed by atoms with van der Waals surface area (Å²) in [6.45, 7) is 2.79. The number of rotatable bonds is 9. The zero-order valence-corrected chi connectivity index (χ0v) is 19.2. The maximum Gasteiger partial charge on any atom is 0.253 e. The third-order valence-electron chi connectivity index (χ3n) is 5.10. The van der Waals surface area contributed by atoms with Crippen LogP contribution in [0.4, 0.5) is 0 Å². The highest BCUT2D eigenvalue weighted by Gasteiger charge is 2.14. The van der Waals surface area contributed by atoms with Gasteiger partial charge in [-0.3, -0.25) is 4.79 Å². The molecule has 0 aliphatic rings. The normalized spacial score (nSPS) is 11.0. The molecule has 31 heavy (non-hydrogen) atoms. The van der Waals surface area contributed by atoms with Crippen molar-refractivity contribution >= 4 is 28.2 Å². The molecule has 1 heterocycles. The first kappa shape index (κ1) is 22.8. The number of nitrogens with zero attached hydrogens (tertiary/aromatic N) is 2. The number of pyridine rings is 1. The van der Waals surface area contributed by atoms with Crippen LogP contribution in [0.1, 0.15) is 17.5 Å². The molecule has 0 fully saturated rings. The molecule has 7 heteroatoms. The van der Waals surface area contributed by atoms with Gasteiger partial charge in [0.2, 0.25) is 0 Å². The van der Waals surface area contributed by atoms with E-state index in [9.17, 15) is 4.79 Å². The summed E-state index contributed by atoms with van der Waals surface area (Å²) < 4.78 is 5.32. The second-order valence-corrected chi connectivity index (χ2v) is 8.19. The highest BCUT2D eigenvalue weighted by molar-refractivity contribution is 7.80. The molecule has 0 saturated carbocycles. The van der Waals surface area contributed by atoms with Gasteiger partial charge in [-0.15, -0.1) is 0 Å². The number of fused-ring (bicyclic) bond motifs is 1. The maximum absolute atomic E-state index is 12.7. The molecule has 2 N–H and O–H groups in total. The Morgan fingerprint density at radius 1 is 1.10 bits per heavy atom. The van der Waals surface area contributed by atoms with E-state index in [1.54, 1.807) is 7.11 Å². The molecule has 2 aromatic carbocycles. The van der Waals surface area contributed by atoms with Crippen LogP contribution < -0.4 is 15.6 Å². The molecule has 0 saturated heterocycles. The van der Waals surface area contributed by atoms with E-state index in [4.69, 9.17) is 17.0 Å². The highest BCUT2D eigenvalue weighted by atomic mass is 32.1. The van der Waals surface area contributed by atoms with E-state index in [0.29, 0.717) is 23.8 Å². The summed E-state index contributed by atoms with van der Waals surface area (Å²) in [5.74, 6) is 0.758. The molecule has 0 unspecified atom stereocenters. The molecule has 1 aromatic heterocycles. The van der Waals surface area contributed by atoms with Crippen molar-refractivity contribution in [3.8, 4) is 5.75 Å². The largest absolute Gasteiger partial charge is 0.497 e. The predicted molar refractivity (Wildman–Crippen MR) is 131 cm³/mol. The Labute approximate surface area is 188 Å². The quantitative estimate of drug-likeness (QED) is 0.500. The summed E-state index contributed by atoms with van der Waals surface area (Å²) in [5, 5.41) is 4.93. The molecule has 3 aromatic rings. The Kier molecular flexibility index (Phi) is 8.03. The van der Waals surface area contributed by atoms with Crippen LogP contribution in [-0.4, -0.2) is 54.2 Å². The summed E-state index contributed by atoms with van der Waals surface area (Å²) >= 11 is 5.70. The van der Waals surface area contributed by atoms with E-state index in [1.165, 1.54) is 0 Å². The Balaban J connectivity index is 1.78. The smallest absolute Gasteiger partial charge is 0.253 e. The van der Waals surface area contributed by atoms with Crippen molar-refractivity contribution < 1.29 is 4.74 Å². The summed E-state index contributed by atoms with van der Waals surface area (Å²) in [7, 11) is 5.74. The fraction of sp³-hybridized carbons (Fsp3) is 0.333. The second-order valence-electron chi connectivity index (χ2n) is 7.80. The molecule has 0 radical (unpaired) electrons. The summed E-state index contributed by atoms with van der Waals surface area (Å²) in [4.78, 5) is 19.9. The Bertz CT molecular complexity index is 1070. The van der Waals surface area contributed by atoms with E-state index >= 15 is 0 Å². The SMILES string of the molecule is COc1ccc2[nH]c(=O)c(CN(CCCN(C)C)C(=S)NCc3ccccc3)cc2c1. The number of aromatic amines is 1. The minimum Gasteiger partial charge on any atom is -0.497 e. The lowest BCUT2D eigenvalue weighted by atomic mass is 10.1. The Morgan fingerprint density at radius 2 is 1.87 bits per heavy atom. The zero-order chi connectivity index (χ0) is 22.2. The van der Waals surface area contributed by atoms with Crippen molar-refractivity contribution in [3.05, 3.63) is 76.1 Å². The molecular weight excluding hydrogens is 408 g/mol. The van der Waals surface area contributed by atoms with Gasteiger partial charge in [0.25, 0.3) is 5.56 Å². The number of hydrogen-bond donors (Lipinski definition) is 2. The lowest BCUT2D eigenvalue weighted by Gasteiger charge is -2.26. The number of aromatic nitrogens is 1. The number of ether oxygens (including phenoxy) is 1. The fourth-order valence-corrected chi connectivity index (χ4v) is 3.62. The van der Waals surface area contributed by atoms with Crippen molar-refractivity contribution in [2.45, 2.75) is 19.5 Å². The van der Waals surface area contributed by atoms with Crippen LogP contribution in [0.15, 0.2) is 59.4 Å². The first-order valence-electron chi connectivity index (χ1n) is 10.4. The third-order valence-corrected chi connectivity index (χ3v) is 5.50. The number of nitrogens with one attached hydrogen (secondary N) is 2. The van der Waals surface area contributed by atoms with Crippen LogP contribution in [0.25, 0.3) is 10.9 Å². The fourth-order valence-electron chi connectivity index (χ4n) is 3.40. The molecule has 0 amide bonds. The number of methoxy groups -OCH3 is 1. The average molecular weight is 439 g/mol. The van der Waals surface area contributed by atoms with Gasteiger partial charge in [-0.05, 0) is 69.1 Å². The van der Waals surface area contributed by atoms with Gasteiger partial charge < -0.3 is 24.8 Å². The van der Waals surface area contributed by atoms with Crippen molar-refractivity contribution in [1.82, 2.24) is 20.1 Å². The Hall–Kier alpha value is -2.90. The molecule has 0 spiro atoms. The van der Waals surface area contributed by atoms with Gasteiger partial charge in [0.05, 0.1) is 13.7 Å². The van der Waals surface area contributed by atoms with Crippen molar-refractivity contribution in [1.29, 1.82) is 0 Å². The van der Waals surface area contributed by atoms with Gasteiger partial charge in [0.1, 0.15) is 5.75 Å². The summed E-state index contributed by atoms with van der Waals surface area (Å²) in [6.07, 6.45) is 0.944. The van der Waals surface area contributed by atoms with Crippen molar-refractivity contribution in [2.24, 2.45) is 0 Å². The topological polar surface area (TPSA) is 60.6 Å². The van der Waals surface area contributed by atoms with Gasteiger partial charge in [-0.2, -0.15) is 0 Å². The Morgan fingerprint density at radius 3 is 2.58 bits per heavy atom. The third kappa shape index (κ3) is 6.54. The maximum atomic E-state index is 12.7. The minimum absolute atomic E-state index is 0.0962. The first-order chi connectivity index (χ1) is 15.0. The number of thiocarbonyl (C=S) groups is 1. The van der Waals surface area contributed by atoms with Crippen LogP contribution in [0.3, 0.4) is 0 Å². The number of benzene rings is 2. The summed E-state index contributed by atoms with van der Waals surface area (Å²) in [6, 6.07) is 17.7. The predicted octanol–water partition coefficient (Wildman–Crippen LogP) is 3.37. The van der Waals surface area contributed by atoms with E-state index in [0.717, 1.165) is 41.7 Å². The minimum atomic E-state index is -0.0962.